The van der Waals surface area contributed by atoms with Crippen molar-refractivity contribution in [1.82, 2.24) is 9.88 Å². The first-order valence-corrected chi connectivity index (χ1v) is 7.97. The summed E-state index contributed by atoms with van der Waals surface area (Å²) in [6, 6.07) is 4.37. The van der Waals surface area contributed by atoms with Crippen molar-refractivity contribution in [2.75, 3.05) is 31.6 Å². The van der Waals surface area contributed by atoms with E-state index in [1.165, 1.54) is 0 Å². The number of nitrogens with zero attached hydrogens (tertiary/aromatic N) is 2. The monoisotopic (exact) mass is 305 g/mol. The number of carbonyl (C=O) groups is 1. The fourth-order valence-corrected chi connectivity index (χ4v) is 2.72. The molecule has 1 aliphatic rings. The second kappa shape index (κ2) is 7.09. The summed E-state index contributed by atoms with van der Waals surface area (Å²) < 4.78 is 5.32. The van der Waals surface area contributed by atoms with E-state index >= 15 is 0 Å². The van der Waals surface area contributed by atoms with E-state index in [9.17, 15) is 4.79 Å². The predicted octanol–water partition coefficient (Wildman–Crippen LogP) is 2.33. The summed E-state index contributed by atoms with van der Waals surface area (Å²) in [5, 5.41) is 3.37. The molecule has 5 nitrogen and oxygen atoms in total. The third-order valence-electron chi connectivity index (χ3n) is 3.77. The number of anilines is 1. The zero-order chi connectivity index (χ0) is 16.2. The van der Waals surface area contributed by atoms with Crippen LogP contribution >= 0.6 is 0 Å². The number of nitrogens with one attached hydrogen (secondary N) is 1. The quantitative estimate of drug-likeness (QED) is 0.907. The van der Waals surface area contributed by atoms with Gasteiger partial charge in [-0.3, -0.25) is 9.78 Å². The van der Waals surface area contributed by atoms with E-state index in [4.69, 9.17) is 4.74 Å². The SMILES string of the molecule is CC(C)Nc1ccnc(CC(C)(C)C(=O)N2CCOCC2)c1. The molecule has 1 saturated heterocycles. The van der Waals surface area contributed by atoms with Gasteiger partial charge in [-0.05, 0) is 26.0 Å². The Bertz CT molecular complexity index is 508. The first kappa shape index (κ1) is 16.7. The van der Waals surface area contributed by atoms with E-state index in [0.717, 1.165) is 11.4 Å². The van der Waals surface area contributed by atoms with Gasteiger partial charge in [0.25, 0.3) is 0 Å². The van der Waals surface area contributed by atoms with Crippen LogP contribution in [0.3, 0.4) is 0 Å². The number of morpholine rings is 1. The highest BCUT2D eigenvalue weighted by Crippen LogP contribution is 2.25. The van der Waals surface area contributed by atoms with Crippen LogP contribution < -0.4 is 5.32 Å². The standard InChI is InChI=1S/C17H27N3O2/c1-13(2)19-14-5-6-18-15(11-14)12-17(3,4)16(21)20-7-9-22-10-8-20/h5-6,11,13H,7-10,12H2,1-4H3,(H,18,19). The van der Waals surface area contributed by atoms with Crippen molar-refractivity contribution in [3.05, 3.63) is 24.0 Å². The van der Waals surface area contributed by atoms with E-state index in [0.29, 0.717) is 38.8 Å². The maximum atomic E-state index is 12.7. The Kier molecular flexibility index (Phi) is 5.40. The molecule has 122 valence electrons. The van der Waals surface area contributed by atoms with E-state index in [-0.39, 0.29) is 5.91 Å². The molecule has 1 aliphatic heterocycles. The van der Waals surface area contributed by atoms with Crippen molar-refractivity contribution in [3.8, 4) is 0 Å². The molecule has 1 fully saturated rings. The van der Waals surface area contributed by atoms with Crippen LogP contribution in [0.1, 0.15) is 33.4 Å². The molecular formula is C17H27N3O2. The average molecular weight is 305 g/mol. The van der Waals surface area contributed by atoms with Gasteiger partial charge in [-0.15, -0.1) is 0 Å². The topological polar surface area (TPSA) is 54.5 Å². The van der Waals surface area contributed by atoms with Crippen LogP contribution in [0, 0.1) is 5.41 Å². The molecule has 22 heavy (non-hydrogen) atoms. The van der Waals surface area contributed by atoms with E-state index < -0.39 is 5.41 Å². The molecule has 2 rings (SSSR count). The Morgan fingerprint density at radius 2 is 2.09 bits per heavy atom. The van der Waals surface area contributed by atoms with Crippen LogP contribution in [0.25, 0.3) is 0 Å². The molecule has 0 unspecified atom stereocenters. The van der Waals surface area contributed by atoms with Crippen molar-refractivity contribution in [1.29, 1.82) is 0 Å². The number of aromatic nitrogens is 1. The van der Waals surface area contributed by atoms with Gasteiger partial charge in [0.05, 0.1) is 13.2 Å². The van der Waals surface area contributed by atoms with Crippen molar-refractivity contribution in [2.24, 2.45) is 5.41 Å². The molecule has 1 amide bonds. The Morgan fingerprint density at radius 1 is 1.41 bits per heavy atom. The summed E-state index contributed by atoms with van der Waals surface area (Å²) in [5.41, 5.74) is 1.53. The van der Waals surface area contributed by atoms with Gasteiger partial charge in [-0.2, -0.15) is 0 Å². The van der Waals surface area contributed by atoms with Gasteiger partial charge < -0.3 is 15.0 Å². The number of hydrogen-bond acceptors (Lipinski definition) is 4. The molecule has 0 aromatic carbocycles. The van der Waals surface area contributed by atoms with Crippen molar-refractivity contribution >= 4 is 11.6 Å². The highest BCUT2D eigenvalue weighted by molar-refractivity contribution is 5.82. The maximum Gasteiger partial charge on any atom is 0.228 e. The number of carbonyl (C=O) groups excluding carboxylic acids is 1. The minimum Gasteiger partial charge on any atom is -0.383 e. The van der Waals surface area contributed by atoms with Gasteiger partial charge in [0, 0.05) is 48.5 Å². The van der Waals surface area contributed by atoms with Gasteiger partial charge in [0.15, 0.2) is 0 Å². The summed E-state index contributed by atoms with van der Waals surface area (Å²) >= 11 is 0. The Balaban J connectivity index is 2.05. The fraction of sp³-hybridized carbons (Fsp3) is 0.647. The number of ether oxygens (including phenoxy) is 1. The van der Waals surface area contributed by atoms with Gasteiger partial charge in [-0.1, -0.05) is 13.8 Å². The van der Waals surface area contributed by atoms with E-state index in [1.807, 2.05) is 30.9 Å². The van der Waals surface area contributed by atoms with Crippen LogP contribution in [-0.4, -0.2) is 48.1 Å². The number of rotatable bonds is 5. The number of pyridine rings is 1. The lowest BCUT2D eigenvalue weighted by Gasteiger charge is -2.34. The Labute approximate surface area is 133 Å². The third-order valence-corrected chi connectivity index (χ3v) is 3.77. The second-order valence-electron chi connectivity index (χ2n) is 6.80. The first-order valence-electron chi connectivity index (χ1n) is 7.97. The van der Waals surface area contributed by atoms with Crippen molar-refractivity contribution in [3.63, 3.8) is 0 Å². The van der Waals surface area contributed by atoms with Crippen LogP contribution in [0.5, 0.6) is 0 Å². The molecule has 1 N–H and O–H groups in total. The van der Waals surface area contributed by atoms with Crippen LogP contribution in [-0.2, 0) is 16.0 Å². The van der Waals surface area contributed by atoms with Gasteiger partial charge in [0.1, 0.15) is 0 Å². The van der Waals surface area contributed by atoms with Gasteiger partial charge in [0.2, 0.25) is 5.91 Å². The summed E-state index contributed by atoms with van der Waals surface area (Å²) in [6.07, 6.45) is 2.44. The maximum absolute atomic E-state index is 12.7. The average Bonchev–Trinajstić information content (AvgIpc) is 2.46. The van der Waals surface area contributed by atoms with Crippen LogP contribution in [0.4, 0.5) is 5.69 Å². The predicted molar refractivity (Wildman–Crippen MR) is 87.9 cm³/mol. The highest BCUT2D eigenvalue weighted by atomic mass is 16.5. The Hall–Kier alpha value is -1.62. The minimum atomic E-state index is -0.458. The van der Waals surface area contributed by atoms with Crippen molar-refractivity contribution in [2.45, 2.75) is 40.2 Å². The number of amides is 1. The van der Waals surface area contributed by atoms with Crippen molar-refractivity contribution < 1.29 is 9.53 Å². The van der Waals surface area contributed by atoms with Gasteiger partial charge in [-0.25, -0.2) is 0 Å². The third kappa shape index (κ3) is 4.44. The lowest BCUT2D eigenvalue weighted by atomic mass is 9.85. The largest absolute Gasteiger partial charge is 0.383 e. The van der Waals surface area contributed by atoms with Crippen LogP contribution in [0.15, 0.2) is 18.3 Å². The zero-order valence-corrected chi connectivity index (χ0v) is 14.1. The summed E-state index contributed by atoms with van der Waals surface area (Å²) in [4.78, 5) is 19.0. The minimum absolute atomic E-state index is 0.180. The normalized spacial score (nSPS) is 16.0. The second-order valence-corrected chi connectivity index (χ2v) is 6.80. The lowest BCUT2D eigenvalue weighted by molar-refractivity contribution is -0.144. The molecule has 0 atom stereocenters. The van der Waals surface area contributed by atoms with Crippen LogP contribution in [0.2, 0.25) is 0 Å². The lowest BCUT2D eigenvalue weighted by Crippen LogP contribution is -2.47. The molecule has 1 aromatic heterocycles. The van der Waals surface area contributed by atoms with E-state index in [2.05, 4.69) is 24.1 Å². The summed E-state index contributed by atoms with van der Waals surface area (Å²) in [5.74, 6) is 0.180. The molecular weight excluding hydrogens is 278 g/mol. The fourth-order valence-electron chi connectivity index (χ4n) is 2.72. The highest BCUT2D eigenvalue weighted by Gasteiger charge is 2.33. The summed E-state index contributed by atoms with van der Waals surface area (Å²) in [6.45, 7) is 10.8. The molecule has 1 aromatic rings. The number of hydrogen-bond donors (Lipinski definition) is 1. The molecule has 2 heterocycles. The molecule has 0 aliphatic carbocycles. The Morgan fingerprint density at radius 3 is 2.73 bits per heavy atom. The molecule has 0 saturated carbocycles. The zero-order valence-electron chi connectivity index (χ0n) is 14.1. The van der Waals surface area contributed by atoms with E-state index in [1.54, 1.807) is 6.20 Å². The summed E-state index contributed by atoms with van der Waals surface area (Å²) in [7, 11) is 0. The first-order chi connectivity index (χ1) is 10.4. The molecule has 0 bridgehead atoms. The molecule has 5 heteroatoms. The molecule has 0 spiro atoms. The van der Waals surface area contributed by atoms with Gasteiger partial charge >= 0.3 is 0 Å². The molecule has 0 radical (unpaired) electrons. The smallest absolute Gasteiger partial charge is 0.228 e.